The molecule has 0 bridgehead atoms. The van der Waals surface area contributed by atoms with Gasteiger partial charge < -0.3 is 11.5 Å². The Hall–Kier alpha value is -1.46. The van der Waals surface area contributed by atoms with Crippen LogP contribution in [0.5, 0.6) is 0 Å². The second kappa shape index (κ2) is 7.00. The van der Waals surface area contributed by atoms with E-state index in [1.807, 2.05) is 0 Å². The molecule has 4 N–H and O–H groups in total. The third kappa shape index (κ3) is 3.60. The number of halogens is 1. The molecule has 1 amide bonds. The SMILES string of the molecule is CCN(Cc1ccc(C(N)=O)cc1F)C1CCCC1CN. The van der Waals surface area contributed by atoms with Crippen LogP contribution >= 0.6 is 0 Å². The zero-order chi connectivity index (χ0) is 15.4. The first-order valence-electron chi connectivity index (χ1n) is 7.59. The summed E-state index contributed by atoms with van der Waals surface area (Å²) in [6.45, 7) is 4.17. The summed E-state index contributed by atoms with van der Waals surface area (Å²) < 4.78 is 14.1. The molecule has 1 aliphatic carbocycles. The molecule has 2 atom stereocenters. The summed E-state index contributed by atoms with van der Waals surface area (Å²) in [4.78, 5) is 13.3. The minimum absolute atomic E-state index is 0.208. The maximum absolute atomic E-state index is 14.1. The lowest BCUT2D eigenvalue weighted by atomic mass is 10.0. The van der Waals surface area contributed by atoms with E-state index in [0.717, 1.165) is 19.4 Å². The molecule has 21 heavy (non-hydrogen) atoms. The second-order valence-electron chi connectivity index (χ2n) is 5.73. The number of amides is 1. The van der Waals surface area contributed by atoms with Crippen molar-refractivity contribution in [1.29, 1.82) is 0 Å². The highest BCUT2D eigenvalue weighted by Crippen LogP contribution is 2.30. The van der Waals surface area contributed by atoms with Crippen LogP contribution in [0.15, 0.2) is 18.2 Å². The van der Waals surface area contributed by atoms with Crippen LogP contribution in [-0.2, 0) is 6.54 Å². The van der Waals surface area contributed by atoms with Crippen molar-refractivity contribution in [2.24, 2.45) is 17.4 Å². The normalized spacial score (nSPS) is 21.9. The molecule has 0 aliphatic heterocycles. The zero-order valence-electron chi connectivity index (χ0n) is 12.5. The molecule has 4 nitrogen and oxygen atoms in total. The third-order valence-electron chi connectivity index (χ3n) is 4.51. The van der Waals surface area contributed by atoms with Gasteiger partial charge in [-0.2, -0.15) is 0 Å². The van der Waals surface area contributed by atoms with Gasteiger partial charge in [0.25, 0.3) is 0 Å². The number of carbonyl (C=O) groups excluding carboxylic acids is 1. The molecule has 2 unspecified atom stereocenters. The van der Waals surface area contributed by atoms with E-state index < -0.39 is 5.91 Å². The van der Waals surface area contributed by atoms with Crippen molar-refractivity contribution >= 4 is 5.91 Å². The lowest BCUT2D eigenvalue weighted by molar-refractivity contribution is 0.0999. The van der Waals surface area contributed by atoms with Crippen molar-refractivity contribution in [2.45, 2.75) is 38.8 Å². The lowest BCUT2D eigenvalue weighted by Gasteiger charge is -2.32. The zero-order valence-corrected chi connectivity index (χ0v) is 12.5. The van der Waals surface area contributed by atoms with Crippen molar-refractivity contribution in [1.82, 2.24) is 4.90 Å². The molecule has 1 fully saturated rings. The van der Waals surface area contributed by atoms with Crippen LogP contribution in [0.25, 0.3) is 0 Å². The molecule has 1 aromatic rings. The Morgan fingerprint density at radius 2 is 2.19 bits per heavy atom. The van der Waals surface area contributed by atoms with E-state index in [4.69, 9.17) is 11.5 Å². The number of benzene rings is 1. The fourth-order valence-corrected chi connectivity index (χ4v) is 3.28. The molecular weight excluding hydrogens is 269 g/mol. The third-order valence-corrected chi connectivity index (χ3v) is 4.51. The number of primary amides is 1. The Morgan fingerprint density at radius 3 is 2.76 bits per heavy atom. The quantitative estimate of drug-likeness (QED) is 0.841. The predicted molar refractivity (Wildman–Crippen MR) is 81.2 cm³/mol. The fraction of sp³-hybridized carbons (Fsp3) is 0.562. The van der Waals surface area contributed by atoms with Crippen molar-refractivity contribution < 1.29 is 9.18 Å². The van der Waals surface area contributed by atoms with Gasteiger partial charge in [-0.3, -0.25) is 9.69 Å². The molecule has 2 rings (SSSR count). The van der Waals surface area contributed by atoms with E-state index >= 15 is 0 Å². The van der Waals surface area contributed by atoms with Crippen LogP contribution in [0.4, 0.5) is 4.39 Å². The summed E-state index contributed by atoms with van der Waals surface area (Å²) in [5.41, 5.74) is 11.8. The average molecular weight is 293 g/mol. The topological polar surface area (TPSA) is 72.3 Å². The Kier molecular flexibility index (Phi) is 5.31. The van der Waals surface area contributed by atoms with E-state index in [1.165, 1.54) is 12.5 Å². The fourth-order valence-electron chi connectivity index (χ4n) is 3.28. The molecule has 1 aliphatic rings. The molecule has 0 heterocycles. The van der Waals surface area contributed by atoms with E-state index in [-0.39, 0.29) is 11.4 Å². The van der Waals surface area contributed by atoms with Crippen LogP contribution in [0.2, 0.25) is 0 Å². The van der Waals surface area contributed by atoms with Gasteiger partial charge in [-0.1, -0.05) is 19.4 Å². The molecule has 1 aromatic carbocycles. The Morgan fingerprint density at radius 1 is 1.43 bits per heavy atom. The minimum atomic E-state index is -0.605. The minimum Gasteiger partial charge on any atom is -0.366 e. The van der Waals surface area contributed by atoms with Gasteiger partial charge in [-0.25, -0.2) is 4.39 Å². The van der Waals surface area contributed by atoms with Crippen LogP contribution in [-0.4, -0.2) is 29.9 Å². The maximum atomic E-state index is 14.1. The van der Waals surface area contributed by atoms with Gasteiger partial charge in [0, 0.05) is 23.7 Å². The smallest absolute Gasteiger partial charge is 0.248 e. The Balaban J connectivity index is 2.13. The molecule has 0 spiro atoms. The van der Waals surface area contributed by atoms with Crippen molar-refractivity contribution in [2.75, 3.05) is 13.1 Å². The van der Waals surface area contributed by atoms with E-state index in [2.05, 4.69) is 11.8 Å². The predicted octanol–water partition coefficient (Wildman–Crippen LogP) is 1.87. The van der Waals surface area contributed by atoms with Crippen molar-refractivity contribution in [3.63, 3.8) is 0 Å². The molecule has 0 saturated heterocycles. The van der Waals surface area contributed by atoms with Crippen LogP contribution in [0, 0.1) is 11.7 Å². The van der Waals surface area contributed by atoms with Gasteiger partial charge >= 0.3 is 0 Å². The molecule has 0 radical (unpaired) electrons. The first kappa shape index (κ1) is 15.9. The highest BCUT2D eigenvalue weighted by Gasteiger charge is 2.30. The van der Waals surface area contributed by atoms with Crippen molar-refractivity contribution in [3.05, 3.63) is 35.1 Å². The van der Waals surface area contributed by atoms with Gasteiger partial charge in [0.05, 0.1) is 0 Å². The van der Waals surface area contributed by atoms with E-state index in [9.17, 15) is 9.18 Å². The van der Waals surface area contributed by atoms with E-state index in [0.29, 0.717) is 30.6 Å². The van der Waals surface area contributed by atoms with Gasteiger partial charge in [-0.05, 0) is 44.0 Å². The summed E-state index contributed by atoms with van der Waals surface area (Å²) in [5, 5.41) is 0. The van der Waals surface area contributed by atoms with E-state index in [1.54, 1.807) is 12.1 Å². The molecule has 1 saturated carbocycles. The number of rotatable bonds is 6. The van der Waals surface area contributed by atoms with Gasteiger partial charge in [0.2, 0.25) is 5.91 Å². The first-order chi connectivity index (χ1) is 10.1. The second-order valence-corrected chi connectivity index (χ2v) is 5.73. The standard InChI is InChI=1S/C16H24FN3O/c1-2-20(15-5-3-4-12(15)9-18)10-13-7-6-11(16(19)21)8-14(13)17/h6-8,12,15H,2-5,9-10,18H2,1H3,(H2,19,21). The number of hydrogen-bond acceptors (Lipinski definition) is 3. The van der Waals surface area contributed by atoms with Crippen LogP contribution in [0.3, 0.4) is 0 Å². The summed E-state index contributed by atoms with van der Waals surface area (Å²) >= 11 is 0. The molecule has 5 heteroatoms. The maximum Gasteiger partial charge on any atom is 0.248 e. The van der Waals surface area contributed by atoms with Crippen LogP contribution in [0.1, 0.15) is 42.1 Å². The Labute approximate surface area is 125 Å². The number of nitrogens with two attached hydrogens (primary N) is 2. The highest BCUT2D eigenvalue weighted by atomic mass is 19.1. The largest absolute Gasteiger partial charge is 0.366 e. The van der Waals surface area contributed by atoms with Gasteiger partial charge in [0.1, 0.15) is 5.82 Å². The van der Waals surface area contributed by atoms with Gasteiger partial charge in [-0.15, -0.1) is 0 Å². The number of hydrogen-bond donors (Lipinski definition) is 2. The van der Waals surface area contributed by atoms with Gasteiger partial charge in [0.15, 0.2) is 0 Å². The molecule has 116 valence electrons. The van der Waals surface area contributed by atoms with Crippen molar-refractivity contribution in [3.8, 4) is 0 Å². The monoisotopic (exact) mass is 293 g/mol. The summed E-state index contributed by atoms with van der Waals surface area (Å²) in [6.07, 6.45) is 3.46. The highest BCUT2D eigenvalue weighted by molar-refractivity contribution is 5.92. The Bertz CT molecular complexity index is 506. The molecular formula is C16H24FN3O. The van der Waals surface area contributed by atoms with Crippen LogP contribution < -0.4 is 11.5 Å². The molecule has 0 aromatic heterocycles. The number of carbonyl (C=O) groups is 1. The lowest BCUT2D eigenvalue weighted by Crippen LogP contribution is -2.40. The summed E-state index contributed by atoms with van der Waals surface area (Å²) in [5.74, 6) is -0.475. The first-order valence-corrected chi connectivity index (χ1v) is 7.59. The summed E-state index contributed by atoms with van der Waals surface area (Å²) in [7, 11) is 0. The summed E-state index contributed by atoms with van der Waals surface area (Å²) in [6, 6.07) is 4.89. The average Bonchev–Trinajstić information content (AvgIpc) is 2.94. The number of nitrogens with zero attached hydrogens (tertiary/aromatic N) is 1.